The molecule has 130 valence electrons. The fraction of sp³-hybridized carbons (Fsp3) is 0.353. The number of aryl methyl sites for hydroxylation is 1. The average molecular weight is 342 g/mol. The van der Waals surface area contributed by atoms with Crippen molar-refractivity contribution < 1.29 is 9.18 Å². The lowest BCUT2D eigenvalue weighted by Gasteiger charge is -2.26. The molecule has 0 saturated carbocycles. The zero-order chi connectivity index (χ0) is 17.4. The molecule has 8 heteroatoms. The summed E-state index contributed by atoms with van der Waals surface area (Å²) in [4.78, 5) is 21.8. The van der Waals surface area contributed by atoms with Gasteiger partial charge in [0.1, 0.15) is 11.5 Å². The number of carbonyl (C=O) groups is 1. The molecule has 0 unspecified atom stereocenters. The Hall–Kier alpha value is -2.90. The summed E-state index contributed by atoms with van der Waals surface area (Å²) in [6.07, 6.45) is 4.77. The zero-order valence-electron chi connectivity index (χ0n) is 13.9. The number of nitrogens with one attached hydrogen (secondary N) is 3. The number of halogens is 1. The van der Waals surface area contributed by atoms with Crippen molar-refractivity contribution in [1.29, 1.82) is 0 Å². The highest BCUT2D eigenvalue weighted by atomic mass is 19.1. The van der Waals surface area contributed by atoms with Gasteiger partial charge in [0.05, 0.1) is 22.9 Å². The summed E-state index contributed by atoms with van der Waals surface area (Å²) in [6, 6.07) is 2.97. The molecule has 1 fully saturated rings. The predicted molar refractivity (Wildman–Crippen MR) is 92.8 cm³/mol. The third-order valence-electron chi connectivity index (χ3n) is 4.52. The summed E-state index contributed by atoms with van der Waals surface area (Å²) in [7, 11) is 0. The number of rotatable bonds is 2. The van der Waals surface area contributed by atoms with E-state index >= 15 is 0 Å². The minimum atomic E-state index is -0.297. The summed E-state index contributed by atoms with van der Waals surface area (Å²) in [5, 5.41) is 9.74. The monoisotopic (exact) mass is 342 g/mol. The lowest BCUT2D eigenvalue weighted by Crippen LogP contribution is -2.38. The second-order valence-electron chi connectivity index (χ2n) is 6.34. The normalized spacial score (nSPS) is 14.9. The van der Waals surface area contributed by atoms with E-state index in [0.717, 1.165) is 37.9 Å². The number of fused-ring (bicyclic) bond motifs is 1. The number of nitrogens with zero attached hydrogens (tertiary/aromatic N) is 3. The van der Waals surface area contributed by atoms with E-state index in [4.69, 9.17) is 0 Å². The number of amides is 2. The molecule has 0 atom stereocenters. The van der Waals surface area contributed by atoms with Crippen LogP contribution in [-0.4, -0.2) is 44.2 Å². The number of aromatic nitrogens is 4. The van der Waals surface area contributed by atoms with Gasteiger partial charge in [-0.1, -0.05) is 0 Å². The first-order valence-corrected chi connectivity index (χ1v) is 8.37. The van der Waals surface area contributed by atoms with Crippen LogP contribution in [0, 0.1) is 12.7 Å². The van der Waals surface area contributed by atoms with E-state index in [0.29, 0.717) is 28.3 Å². The van der Waals surface area contributed by atoms with E-state index in [-0.39, 0.29) is 11.8 Å². The van der Waals surface area contributed by atoms with Crippen molar-refractivity contribution in [3.8, 4) is 11.5 Å². The van der Waals surface area contributed by atoms with Crippen molar-refractivity contribution in [2.45, 2.75) is 26.2 Å². The Morgan fingerprint density at radius 3 is 2.88 bits per heavy atom. The molecule has 1 aliphatic heterocycles. The molecule has 1 aromatic carbocycles. The molecule has 7 nitrogen and oxygen atoms in total. The molecule has 4 rings (SSSR count). The molecular weight excluding hydrogens is 323 g/mol. The van der Waals surface area contributed by atoms with Gasteiger partial charge in [0.2, 0.25) is 0 Å². The van der Waals surface area contributed by atoms with Gasteiger partial charge in [-0.25, -0.2) is 14.2 Å². The first-order valence-electron chi connectivity index (χ1n) is 8.37. The average Bonchev–Trinajstić information content (AvgIpc) is 3.22. The van der Waals surface area contributed by atoms with Gasteiger partial charge < -0.3 is 15.2 Å². The van der Waals surface area contributed by atoms with Crippen molar-refractivity contribution in [3.63, 3.8) is 0 Å². The van der Waals surface area contributed by atoms with Crippen molar-refractivity contribution >= 4 is 22.8 Å². The van der Waals surface area contributed by atoms with Crippen LogP contribution < -0.4 is 5.32 Å². The maximum absolute atomic E-state index is 13.7. The molecule has 3 heterocycles. The molecule has 1 aliphatic rings. The van der Waals surface area contributed by atoms with Crippen LogP contribution in [0.1, 0.15) is 24.8 Å². The number of hydrogen-bond acceptors (Lipinski definition) is 3. The Balaban J connectivity index is 1.61. The van der Waals surface area contributed by atoms with Gasteiger partial charge in [-0.15, -0.1) is 0 Å². The largest absolute Gasteiger partial charge is 0.337 e. The molecule has 0 radical (unpaired) electrons. The van der Waals surface area contributed by atoms with E-state index in [2.05, 4.69) is 25.5 Å². The third kappa shape index (κ3) is 2.95. The third-order valence-corrected chi connectivity index (χ3v) is 4.52. The minimum absolute atomic E-state index is 0.139. The standard InChI is InChI=1S/C17H19FN6O/c1-10-7-12-13(8-11(10)18)21-16(20-12)15-14(9-19-23-15)22-17(25)24-5-3-2-4-6-24/h7-9H,2-6H2,1H3,(H,19,23)(H,20,21)(H,22,25). The van der Waals surface area contributed by atoms with Crippen molar-refractivity contribution in [1.82, 2.24) is 25.1 Å². The van der Waals surface area contributed by atoms with Crippen LogP contribution in [0.4, 0.5) is 14.9 Å². The van der Waals surface area contributed by atoms with Crippen LogP contribution in [0.3, 0.4) is 0 Å². The number of carbonyl (C=O) groups excluding carboxylic acids is 1. The Morgan fingerprint density at radius 2 is 2.08 bits per heavy atom. The lowest BCUT2D eigenvalue weighted by atomic mass is 10.1. The Bertz CT molecular complexity index is 886. The molecule has 1 saturated heterocycles. The van der Waals surface area contributed by atoms with Crippen molar-refractivity contribution in [2.75, 3.05) is 18.4 Å². The van der Waals surface area contributed by atoms with Crippen LogP contribution in [0.2, 0.25) is 0 Å². The predicted octanol–water partition coefficient (Wildman–Crippen LogP) is 3.42. The van der Waals surface area contributed by atoms with E-state index in [1.54, 1.807) is 24.1 Å². The quantitative estimate of drug-likeness (QED) is 0.666. The molecule has 0 spiro atoms. The fourth-order valence-corrected chi connectivity index (χ4v) is 3.11. The van der Waals surface area contributed by atoms with Gasteiger partial charge in [0, 0.05) is 19.2 Å². The highest BCUT2D eigenvalue weighted by Crippen LogP contribution is 2.27. The van der Waals surface area contributed by atoms with Crippen molar-refractivity contribution in [2.24, 2.45) is 0 Å². The summed E-state index contributed by atoms with van der Waals surface area (Å²) in [5.74, 6) is 0.209. The number of benzene rings is 1. The Morgan fingerprint density at radius 1 is 1.28 bits per heavy atom. The van der Waals surface area contributed by atoms with Gasteiger partial charge in [-0.3, -0.25) is 5.10 Å². The summed E-state index contributed by atoms with van der Waals surface area (Å²) in [6.45, 7) is 3.24. The number of H-pyrrole nitrogens is 2. The minimum Gasteiger partial charge on any atom is -0.337 e. The second-order valence-corrected chi connectivity index (χ2v) is 6.34. The molecule has 3 N–H and O–H groups in total. The SMILES string of the molecule is Cc1cc2[nH]c(-c3[nH]ncc3NC(=O)N3CCCCC3)nc2cc1F. The number of piperidine rings is 1. The topological polar surface area (TPSA) is 89.7 Å². The highest BCUT2D eigenvalue weighted by Gasteiger charge is 2.20. The first kappa shape index (κ1) is 15.6. The molecule has 3 aromatic rings. The fourth-order valence-electron chi connectivity index (χ4n) is 3.11. The van der Waals surface area contributed by atoms with Crippen LogP contribution in [0.15, 0.2) is 18.3 Å². The maximum atomic E-state index is 13.7. The summed E-state index contributed by atoms with van der Waals surface area (Å²) in [5.41, 5.74) is 2.93. The van der Waals surface area contributed by atoms with E-state index in [1.807, 2.05) is 0 Å². The molecule has 0 bridgehead atoms. The van der Waals surface area contributed by atoms with Crippen LogP contribution in [-0.2, 0) is 0 Å². The first-order chi connectivity index (χ1) is 12.1. The Labute approximate surface area is 143 Å². The van der Waals surface area contributed by atoms with Gasteiger partial charge in [0.15, 0.2) is 5.82 Å². The van der Waals surface area contributed by atoms with E-state index < -0.39 is 0 Å². The Kier molecular flexibility index (Phi) is 3.87. The number of hydrogen-bond donors (Lipinski definition) is 3. The molecule has 25 heavy (non-hydrogen) atoms. The van der Waals surface area contributed by atoms with Crippen LogP contribution in [0.5, 0.6) is 0 Å². The number of urea groups is 1. The maximum Gasteiger partial charge on any atom is 0.321 e. The van der Waals surface area contributed by atoms with Crippen LogP contribution >= 0.6 is 0 Å². The molecule has 2 amide bonds. The second kappa shape index (κ2) is 6.19. The smallest absolute Gasteiger partial charge is 0.321 e. The van der Waals surface area contributed by atoms with Gasteiger partial charge >= 0.3 is 6.03 Å². The van der Waals surface area contributed by atoms with E-state index in [9.17, 15) is 9.18 Å². The summed E-state index contributed by atoms with van der Waals surface area (Å²) < 4.78 is 13.7. The van der Waals surface area contributed by atoms with Gasteiger partial charge in [-0.05, 0) is 37.8 Å². The molecular formula is C17H19FN6O. The number of likely N-dealkylation sites (tertiary alicyclic amines) is 1. The lowest BCUT2D eigenvalue weighted by molar-refractivity contribution is 0.200. The van der Waals surface area contributed by atoms with E-state index in [1.165, 1.54) is 6.07 Å². The van der Waals surface area contributed by atoms with Gasteiger partial charge in [0.25, 0.3) is 0 Å². The van der Waals surface area contributed by atoms with Gasteiger partial charge in [-0.2, -0.15) is 5.10 Å². The van der Waals surface area contributed by atoms with Crippen LogP contribution in [0.25, 0.3) is 22.6 Å². The van der Waals surface area contributed by atoms with Crippen molar-refractivity contribution in [3.05, 3.63) is 29.7 Å². The molecule has 0 aliphatic carbocycles. The highest BCUT2D eigenvalue weighted by molar-refractivity contribution is 5.93. The zero-order valence-corrected chi connectivity index (χ0v) is 13.9. The number of imidazole rings is 1. The molecule has 2 aromatic heterocycles. The number of anilines is 1. The summed E-state index contributed by atoms with van der Waals surface area (Å²) >= 11 is 0. The number of aromatic amines is 2.